The summed E-state index contributed by atoms with van der Waals surface area (Å²) in [7, 11) is 0. The summed E-state index contributed by atoms with van der Waals surface area (Å²) in [5.41, 5.74) is 0.701. The highest BCUT2D eigenvalue weighted by atomic mass is 19.1. The SMILES string of the molecule is CCc1cc(F)c(C2c3[nH]c4ccccc4c3CC(C)N2CC(C)(F)CO)c(F)n1. The van der Waals surface area contributed by atoms with Gasteiger partial charge in [0.25, 0.3) is 0 Å². The number of alkyl halides is 1. The molecule has 160 valence electrons. The van der Waals surface area contributed by atoms with E-state index in [0.29, 0.717) is 24.2 Å². The lowest BCUT2D eigenvalue weighted by Gasteiger charge is -2.43. The molecular formula is C23H26F3N3O. The molecule has 3 atom stereocenters. The molecule has 0 saturated heterocycles. The van der Waals surface area contributed by atoms with Crippen molar-refractivity contribution in [1.29, 1.82) is 0 Å². The summed E-state index contributed by atoms with van der Waals surface area (Å²) in [6.07, 6.45) is 1.00. The number of aromatic amines is 1. The van der Waals surface area contributed by atoms with Gasteiger partial charge in [0, 0.05) is 34.9 Å². The number of halogens is 3. The topological polar surface area (TPSA) is 52.2 Å². The van der Waals surface area contributed by atoms with Gasteiger partial charge in [-0.1, -0.05) is 25.1 Å². The van der Waals surface area contributed by atoms with Crippen LogP contribution in [0.4, 0.5) is 13.2 Å². The average molecular weight is 417 g/mol. The fourth-order valence-corrected chi connectivity index (χ4v) is 4.46. The Kier molecular flexibility index (Phi) is 5.36. The van der Waals surface area contributed by atoms with E-state index < -0.39 is 30.1 Å². The number of aryl methyl sites for hydroxylation is 1. The Hall–Kier alpha value is -2.38. The molecule has 2 aromatic heterocycles. The molecule has 0 aliphatic carbocycles. The highest BCUT2D eigenvalue weighted by molar-refractivity contribution is 5.85. The van der Waals surface area contributed by atoms with E-state index in [1.165, 1.54) is 13.0 Å². The summed E-state index contributed by atoms with van der Waals surface area (Å²) < 4.78 is 45.2. The zero-order valence-corrected chi connectivity index (χ0v) is 17.3. The molecule has 0 bridgehead atoms. The summed E-state index contributed by atoms with van der Waals surface area (Å²) in [5, 5.41) is 10.5. The number of aliphatic hydroxyl groups excluding tert-OH is 1. The number of pyridine rings is 1. The molecule has 0 fully saturated rings. The van der Waals surface area contributed by atoms with Gasteiger partial charge in [-0.3, -0.25) is 4.90 Å². The first-order valence-corrected chi connectivity index (χ1v) is 10.3. The molecule has 0 radical (unpaired) electrons. The summed E-state index contributed by atoms with van der Waals surface area (Å²) in [5.74, 6) is -1.58. The molecule has 30 heavy (non-hydrogen) atoms. The number of aromatic nitrogens is 2. The highest BCUT2D eigenvalue weighted by Gasteiger charge is 2.42. The second-order valence-electron chi connectivity index (χ2n) is 8.42. The maximum absolute atomic E-state index is 15.2. The predicted octanol–water partition coefficient (Wildman–Crippen LogP) is 4.46. The van der Waals surface area contributed by atoms with Gasteiger partial charge in [-0.15, -0.1) is 0 Å². The summed E-state index contributed by atoms with van der Waals surface area (Å²) in [6, 6.07) is 7.87. The molecule has 1 aromatic carbocycles. The van der Waals surface area contributed by atoms with Crippen molar-refractivity contribution in [2.45, 2.75) is 51.4 Å². The Bertz CT molecular complexity index is 1060. The van der Waals surface area contributed by atoms with Crippen molar-refractivity contribution in [3.8, 4) is 0 Å². The quantitative estimate of drug-likeness (QED) is 0.603. The molecule has 1 aliphatic rings. The van der Waals surface area contributed by atoms with Crippen molar-refractivity contribution < 1.29 is 18.3 Å². The number of aliphatic hydroxyl groups is 1. The van der Waals surface area contributed by atoms with Crippen molar-refractivity contribution in [1.82, 2.24) is 14.9 Å². The molecule has 4 nitrogen and oxygen atoms in total. The maximum Gasteiger partial charge on any atom is 0.221 e. The molecule has 7 heteroatoms. The van der Waals surface area contributed by atoms with Gasteiger partial charge in [0.1, 0.15) is 11.5 Å². The van der Waals surface area contributed by atoms with Crippen LogP contribution in [0.3, 0.4) is 0 Å². The summed E-state index contributed by atoms with van der Waals surface area (Å²) in [6.45, 7) is 4.14. The minimum Gasteiger partial charge on any atom is -0.393 e. The smallest absolute Gasteiger partial charge is 0.221 e. The number of rotatable bonds is 5. The third-order valence-electron chi connectivity index (χ3n) is 6.01. The minimum atomic E-state index is -1.92. The van der Waals surface area contributed by atoms with Crippen molar-refractivity contribution in [2.24, 2.45) is 0 Å². The van der Waals surface area contributed by atoms with Crippen molar-refractivity contribution in [3.05, 3.63) is 64.6 Å². The van der Waals surface area contributed by atoms with Gasteiger partial charge in [0.15, 0.2) is 0 Å². The van der Waals surface area contributed by atoms with E-state index >= 15 is 8.78 Å². The van der Waals surface area contributed by atoms with E-state index in [1.54, 1.807) is 11.8 Å². The minimum absolute atomic E-state index is 0.168. The van der Waals surface area contributed by atoms with Crippen molar-refractivity contribution >= 4 is 10.9 Å². The van der Waals surface area contributed by atoms with Gasteiger partial charge in [-0.05, 0) is 44.4 Å². The van der Waals surface area contributed by atoms with Gasteiger partial charge >= 0.3 is 0 Å². The number of hydrogen-bond donors (Lipinski definition) is 2. The van der Waals surface area contributed by atoms with Crippen LogP contribution in [-0.4, -0.2) is 44.8 Å². The van der Waals surface area contributed by atoms with Crippen molar-refractivity contribution in [2.75, 3.05) is 13.2 Å². The van der Waals surface area contributed by atoms with E-state index in [0.717, 1.165) is 16.5 Å². The molecule has 3 aromatic rings. The second-order valence-corrected chi connectivity index (χ2v) is 8.42. The third-order valence-corrected chi connectivity index (χ3v) is 6.01. The Morgan fingerprint density at radius 3 is 2.70 bits per heavy atom. The average Bonchev–Trinajstić information content (AvgIpc) is 3.07. The monoisotopic (exact) mass is 417 g/mol. The zero-order chi connectivity index (χ0) is 21.6. The van der Waals surface area contributed by atoms with Crippen LogP contribution in [0.25, 0.3) is 10.9 Å². The Morgan fingerprint density at radius 1 is 1.30 bits per heavy atom. The van der Waals surface area contributed by atoms with Gasteiger partial charge in [0.2, 0.25) is 5.95 Å². The normalized spacial score (nSPS) is 21.6. The van der Waals surface area contributed by atoms with E-state index in [2.05, 4.69) is 9.97 Å². The number of hydrogen-bond acceptors (Lipinski definition) is 3. The Morgan fingerprint density at radius 2 is 2.03 bits per heavy atom. The molecule has 0 saturated carbocycles. The maximum atomic E-state index is 15.2. The number of nitrogens with one attached hydrogen (secondary N) is 1. The largest absolute Gasteiger partial charge is 0.393 e. The van der Waals surface area contributed by atoms with E-state index in [9.17, 15) is 9.50 Å². The number of fused-ring (bicyclic) bond motifs is 3. The lowest BCUT2D eigenvalue weighted by Crippen LogP contribution is -2.50. The van der Waals surface area contributed by atoms with E-state index in [4.69, 9.17) is 0 Å². The van der Waals surface area contributed by atoms with Crippen LogP contribution in [0.15, 0.2) is 30.3 Å². The molecule has 2 N–H and O–H groups in total. The van der Waals surface area contributed by atoms with E-state index in [-0.39, 0.29) is 18.2 Å². The molecule has 1 aliphatic heterocycles. The van der Waals surface area contributed by atoms with Crippen LogP contribution in [-0.2, 0) is 12.8 Å². The van der Waals surface area contributed by atoms with E-state index in [1.807, 2.05) is 31.2 Å². The molecular weight excluding hydrogens is 391 g/mol. The standard InChI is InChI=1S/C23H26F3N3O/c1-4-14-10-17(24)19(22(25)27-14)21-20-16(15-7-5-6-8-18(15)28-20)9-13(2)29(21)11-23(3,26)12-30/h5-8,10,13,21,28,30H,4,9,11-12H2,1-3H3. The van der Waals surface area contributed by atoms with Crippen LogP contribution < -0.4 is 0 Å². The van der Waals surface area contributed by atoms with Crippen LogP contribution in [0, 0.1) is 11.8 Å². The third kappa shape index (κ3) is 3.50. The van der Waals surface area contributed by atoms with Crippen LogP contribution in [0.1, 0.15) is 49.3 Å². The lowest BCUT2D eigenvalue weighted by molar-refractivity contribution is 0.0161. The van der Waals surface area contributed by atoms with Crippen LogP contribution >= 0.6 is 0 Å². The summed E-state index contributed by atoms with van der Waals surface area (Å²) >= 11 is 0. The number of para-hydroxylation sites is 1. The molecule has 4 rings (SSSR count). The Balaban J connectivity index is 1.95. The van der Waals surface area contributed by atoms with Crippen molar-refractivity contribution in [3.63, 3.8) is 0 Å². The molecule has 0 spiro atoms. The zero-order valence-electron chi connectivity index (χ0n) is 17.3. The summed E-state index contributed by atoms with van der Waals surface area (Å²) in [4.78, 5) is 8.98. The van der Waals surface area contributed by atoms with Gasteiger partial charge in [0.05, 0.1) is 18.2 Å². The van der Waals surface area contributed by atoms with Gasteiger partial charge in [-0.25, -0.2) is 13.8 Å². The first-order valence-electron chi connectivity index (χ1n) is 10.3. The Labute approximate surface area is 173 Å². The first kappa shape index (κ1) is 20.9. The predicted molar refractivity (Wildman–Crippen MR) is 110 cm³/mol. The number of benzene rings is 1. The molecule has 3 unspecified atom stereocenters. The fourth-order valence-electron chi connectivity index (χ4n) is 4.46. The fraction of sp³-hybridized carbons (Fsp3) is 0.435. The molecule has 0 amide bonds. The van der Waals surface area contributed by atoms with Crippen LogP contribution in [0.2, 0.25) is 0 Å². The first-order chi connectivity index (χ1) is 14.3. The second kappa shape index (κ2) is 7.71. The highest BCUT2D eigenvalue weighted by Crippen LogP contribution is 2.43. The number of nitrogens with zero attached hydrogens (tertiary/aromatic N) is 2. The number of H-pyrrole nitrogens is 1. The molecule has 3 heterocycles. The van der Waals surface area contributed by atoms with Gasteiger partial charge < -0.3 is 10.1 Å². The van der Waals surface area contributed by atoms with Gasteiger partial charge in [-0.2, -0.15) is 4.39 Å². The van der Waals surface area contributed by atoms with Crippen LogP contribution in [0.5, 0.6) is 0 Å². The lowest BCUT2D eigenvalue weighted by atomic mass is 9.87.